The summed E-state index contributed by atoms with van der Waals surface area (Å²) in [6.45, 7) is 9.22. The number of imidazole rings is 1. The van der Waals surface area contributed by atoms with Crippen molar-refractivity contribution in [2.45, 2.75) is 39.2 Å². The van der Waals surface area contributed by atoms with Gasteiger partial charge in [-0.3, -0.25) is 0 Å². The summed E-state index contributed by atoms with van der Waals surface area (Å²) in [5.41, 5.74) is 0. The Balaban J connectivity index is 1.65. The van der Waals surface area contributed by atoms with Crippen LogP contribution in [0.1, 0.15) is 32.6 Å². The summed E-state index contributed by atoms with van der Waals surface area (Å²) >= 11 is 0. The highest BCUT2D eigenvalue weighted by atomic mass is 16.5. The van der Waals surface area contributed by atoms with Crippen molar-refractivity contribution in [3.05, 3.63) is 12.4 Å². The van der Waals surface area contributed by atoms with Gasteiger partial charge in [-0.25, -0.2) is 4.98 Å². The van der Waals surface area contributed by atoms with Crippen LogP contribution in [0.25, 0.3) is 0 Å². The molecule has 1 aromatic rings. The summed E-state index contributed by atoms with van der Waals surface area (Å²) in [5.74, 6) is 0.985. The lowest BCUT2D eigenvalue weighted by Crippen LogP contribution is -2.34. The molecule has 5 heteroatoms. The predicted molar refractivity (Wildman–Crippen MR) is 82.1 cm³/mol. The Bertz CT molecular complexity index is 361. The van der Waals surface area contributed by atoms with Crippen molar-refractivity contribution in [2.75, 3.05) is 44.7 Å². The van der Waals surface area contributed by atoms with Crippen molar-refractivity contribution >= 4 is 5.95 Å². The van der Waals surface area contributed by atoms with Crippen molar-refractivity contribution in [2.24, 2.45) is 0 Å². The molecule has 20 heavy (non-hydrogen) atoms. The molecule has 1 aliphatic rings. The van der Waals surface area contributed by atoms with E-state index in [2.05, 4.69) is 19.8 Å². The van der Waals surface area contributed by atoms with Crippen LogP contribution in [0.2, 0.25) is 0 Å². The zero-order valence-corrected chi connectivity index (χ0v) is 12.7. The number of likely N-dealkylation sites (tertiary alicyclic amines) is 1. The SMILES string of the molecule is CCOCCCn1ccnc1NCCN1CCCCC1. The van der Waals surface area contributed by atoms with E-state index in [0.29, 0.717) is 0 Å². The minimum atomic E-state index is 0.796. The van der Waals surface area contributed by atoms with Crippen molar-refractivity contribution in [3.8, 4) is 0 Å². The number of nitrogens with one attached hydrogen (secondary N) is 1. The fraction of sp³-hybridized carbons (Fsp3) is 0.800. The van der Waals surface area contributed by atoms with Gasteiger partial charge in [-0.15, -0.1) is 0 Å². The van der Waals surface area contributed by atoms with Crippen LogP contribution in [0.3, 0.4) is 0 Å². The van der Waals surface area contributed by atoms with Gasteiger partial charge in [0.05, 0.1) is 0 Å². The number of aromatic nitrogens is 2. The highest BCUT2D eigenvalue weighted by Crippen LogP contribution is 2.09. The van der Waals surface area contributed by atoms with Crippen molar-refractivity contribution in [1.29, 1.82) is 0 Å². The van der Waals surface area contributed by atoms with E-state index in [1.807, 2.05) is 19.3 Å². The number of nitrogens with zero attached hydrogens (tertiary/aromatic N) is 3. The summed E-state index contributed by atoms with van der Waals surface area (Å²) in [5, 5.41) is 3.45. The molecule has 2 heterocycles. The highest BCUT2D eigenvalue weighted by Gasteiger charge is 2.09. The summed E-state index contributed by atoms with van der Waals surface area (Å²) < 4.78 is 7.55. The molecule has 0 atom stereocenters. The molecular weight excluding hydrogens is 252 g/mol. The van der Waals surface area contributed by atoms with Crippen LogP contribution in [0.4, 0.5) is 5.95 Å². The Morgan fingerprint density at radius 3 is 2.90 bits per heavy atom. The van der Waals surface area contributed by atoms with Crippen molar-refractivity contribution in [1.82, 2.24) is 14.5 Å². The first kappa shape index (κ1) is 15.3. The molecule has 0 spiro atoms. The second-order valence-corrected chi connectivity index (χ2v) is 5.32. The van der Waals surface area contributed by atoms with E-state index in [1.54, 1.807) is 0 Å². The Morgan fingerprint density at radius 2 is 2.10 bits per heavy atom. The van der Waals surface area contributed by atoms with Gasteiger partial charge in [-0.1, -0.05) is 6.42 Å². The number of hydrogen-bond acceptors (Lipinski definition) is 4. The maximum atomic E-state index is 5.37. The van der Waals surface area contributed by atoms with Crippen LogP contribution >= 0.6 is 0 Å². The molecular formula is C15H28N4O. The van der Waals surface area contributed by atoms with Gasteiger partial charge in [-0.05, 0) is 39.3 Å². The van der Waals surface area contributed by atoms with Gasteiger partial charge < -0.3 is 19.5 Å². The third-order valence-electron chi connectivity index (χ3n) is 3.77. The second-order valence-electron chi connectivity index (χ2n) is 5.32. The van der Waals surface area contributed by atoms with Crippen LogP contribution in [0.5, 0.6) is 0 Å². The van der Waals surface area contributed by atoms with Gasteiger partial charge in [0.2, 0.25) is 5.95 Å². The molecule has 0 unspecified atom stereocenters. The topological polar surface area (TPSA) is 42.3 Å². The van der Waals surface area contributed by atoms with Crippen molar-refractivity contribution < 1.29 is 4.74 Å². The number of hydrogen-bond donors (Lipinski definition) is 1. The minimum absolute atomic E-state index is 0.796. The third-order valence-corrected chi connectivity index (χ3v) is 3.77. The van der Waals surface area contributed by atoms with Gasteiger partial charge in [-0.2, -0.15) is 0 Å². The van der Waals surface area contributed by atoms with E-state index in [9.17, 15) is 0 Å². The Kier molecular flexibility index (Phi) is 6.88. The molecule has 1 aromatic heterocycles. The molecule has 0 saturated carbocycles. The fourth-order valence-corrected chi connectivity index (χ4v) is 2.65. The van der Waals surface area contributed by atoms with Gasteiger partial charge in [0, 0.05) is 45.2 Å². The molecule has 0 radical (unpaired) electrons. The molecule has 0 aromatic carbocycles. The number of piperidine rings is 1. The monoisotopic (exact) mass is 280 g/mol. The van der Waals surface area contributed by atoms with Gasteiger partial charge in [0.1, 0.15) is 0 Å². The Morgan fingerprint density at radius 1 is 1.25 bits per heavy atom. The maximum Gasteiger partial charge on any atom is 0.202 e. The zero-order valence-electron chi connectivity index (χ0n) is 12.7. The smallest absolute Gasteiger partial charge is 0.202 e. The van der Waals surface area contributed by atoms with Crippen LogP contribution in [-0.4, -0.2) is 53.8 Å². The summed E-state index contributed by atoms with van der Waals surface area (Å²) in [7, 11) is 0. The zero-order chi connectivity index (χ0) is 14.0. The van der Waals surface area contributed by atoms with Crippen LogP contribution in [0.15, 0.2) is 12.4 Å². The van der Waals surface area contributed by atoms with Gasteiger partial charge in [0.25, 0.3) is 0 Å². The Labute approximate surface area is 122 Å². The highest BCUT2D eigenvalue weighted by molar-refractivity contribution is 5.25. The quantitative estimate of drug-likeness (QED) is 0.704. The molecule has 1 N–H and O–H groups in total. The van der Waals surface area contributed by atoms with Crippen LogP contribution in [0, 0.1) is 0 Å². The van der Waals surface area contributed by atoms with Gasteiger partial charge in [0.15, 0.2) is 0 Å². The lowest BCUT2D eigenvalue weighted by molar-refractivity contribution is 0.142. The van der Waals surface area contributed by atoms with E-state index < -0.39 is 0 Å². The Hall–Kier alpha value is -1.07. The third kappa shape index (κ3) is 5.13. The first-order valence-electron chi connectivity index (χ1n) is 7.95. The van der Waals surface area contributed by atoms with E-state index in [0.717, 1.165) is 45.2 Å². The van der Waals surface area contributed by atoms with Crippen molar-refractivity contribution in [3.63, 3.8) is 0 Å². The predicted octanol–water partition coefficient (Wildman–Crippen LogP) is 2.21. The summed E-state index contributed by atoms with van der Waals surface area (Å²) in [6.07, 6.45) is 9.04. The molecule has 114 valence electrons. The maximum absolute atomic E-state index is 5.37. The number of aryl methyl sites for hydroxylation is 1. The molecule has 2 rings (SSSR count). The fourth-order valence-electron chi connectivity index (χ4n) is 2.65. The first-order valence-corrected chi connectivity index (χ1v) is 7.95. The summed E-state index contributed by atoms with van der Waals surface area (Å²) in [6, 6.07) is 0. The van der Waals surface area contributed by atoms with E-state index in [-0.39, 0.29) is 0 Å². The molecule has 0 bridgehead atoms. The molecule has 0 aliphatic carbocycles. The molecule has 5 nitrogen and oxygen atoms in total. The second kappa shape index (κ2) is 8.97. The normalized spacial score (nSPS) is 16.4. The lowest BCUT2D eigenvalue weighted by atomic mass is 10.1. The number of ether oxygens (including phenoxy) is 1. The molecule has 1 fully saturated rings. The minimum Gasteiger partial charge on any atom is -0.382 e. The lowest BCUT2D eigenvalue weighted by Gasteiger charge is -2.26. The molecule has 1 saturated heterocycles. The van der Waals surface area contributed by atoms with E-state index in [1.165, 1.54) is 32.4 Å². The van der Waals surface area contributed by atoms with Crippen LogP contribution in [-0.2, 0) is 11.3 Å². The summed E-state index contributed by atoms with van der Waals surface area (Å²) in [4.78, 5) is 6.93. The largest absolute Gasteiger partial charge is 0.382 e. The first-order chi connectivity index (χ1) is 9.90. The average molecular weight is 280 g/mol. The number of anilines is 1. The van der Waals surface area contributed by atoms with E-state index >= 15 is 0 Å². The standard InChI is InChI=1S/C15H28N4O/c1-2-20-14-6-11-19-13-8-17-15(19)16-7-12-18-9-4-3-5-10-18/h8,13H,2-7,9-12,14H2,1H3,(H,16,17). The number of rotatable bonds is 9. The van der Waals surface area contributed by atoms with E-state index in [4.69, 9.17) is 4.74 Å². The van der Waals surface area contributed by atoms with Crippen LogP contribution < -0.4 is 5.32 Å². The average Bonchev–Trinajstić information content (AvgIpc) is 2.92. The molecule has 1 aliphatic heterocycles. The molecule has 0 amide bonds. The van der Waals surface area contributed by atoms with Gasteiger partial charge >= 0.3 is 0 Å².